The van der Waals surface area contributed by atoms with E-state index in [4.69, 9.17) is 5.73 Å². The molecule has 0 bridgehead atoms. The third kappa shape index (κ3) is 3.89. The summed E-state index contributed by atoms with van der Waals surface area (Å²) >= 11 is 0. The van der Waals surface area contributed by atoms with Crippen molar-refractivity contribution in [2.45, 2.75) is 64.8 Å². The molecular weight excluding hydrogens is 266 g/mol. The zero-order valence-corrected chi connectivity index (χ0v) is 13.4. The summed E-state index contributed by atoms with van der Waals surface area (Å²) in [5.74, 6) is 0.282. The Labute approximate surface area is 127 Å². The number of likely N-dealkylation sites (tertiary alicyclic amines) is 1. The van der Waals surface area contributed by atoms with E-state index < -0.39 is 5.41 Å². The lowest BCUT2D eigenvalue weighted by atomic mass is 9.83. The third-order valence-corrected chi connectivity index (χ3v) is 5.10. The maximum atomic E-state index is 12.4. The smallest absolute Gasteiger partial charge is 0.317 e. The number of carbonyl (C=O) groups excluding carboxylic acids is 2. The fourth-order valence-corrected chi connectivity index (χ4v) is 3.54. The summed E-state index contributed by atoms with van der Waals surface area (Å²) in [6.07, 6.45) is 8.65. The summed E-state index contributed by atoms with van der Waals surface area (Å²) in [5, 5.41) is 2.90. The zero-order chi connectivity index (χ0) is 15.5. The number of urea groups is 1. The van der Waals surface area contributed by atoms with Crippen LogP contribution in [0.25, 0.3) is 0 Å². The normalized spacial score (nSPS) is 24.1. The maximum absolute atomic E-state index is 12.4. The molecule has 0 aromatic rings. The average molecular weight is 295 g/mol. The van der Waals surface area contributed by atoms with Crippen LogP contribution < -0.4 is 11.1 Å². The number of carbonyl (C=O) groups is 2. The molecule has 1 atom stereocenters. The lowest BCUT2D eigenvalue weighted by Gasteiger charge is -2.34. The average Bonchev–Trinajstić information content (AvgIpc) is 2.95. The molecule has 1 saturated carbocycles. The molecule has 3 N–H and O–H groups in total. The van der Waals surface area contributed by atoms with Gasteiger partial charge in [-0.05, 0) is 45.4 Å². The fourth-order valence-electron chi connectivity index (χ4n) is 3.54. The molecule has 1 aliphatic carbocycles. The molecule has 1 saturated heterocycles. The Morgan fingerprint density at radius 2 is 1.81 bits per heavy atom. The van der Waals surface area contributed by atoms with Crippen LogP contribution in [0.1, 0.15) is 58.8 Å². The van der Waals surface area contributed by atoms with Crippen LogP contribution in [0.5, 0.6) is 0 Å². The van der Waals surface area contributed by atoms with E-state index in [2.05, 4.69) is 5.32 Å². The van der Waals surface area contributed by atoms with Gasteiger partial charge in [-0.1, -0.05) is 19.3 Å². The largest absolute Gasteiger partial charge is 0.369 e. The molecule has 120 valence electrons. The van der Waals surface area contributed by atoms with E-state index in [1.807, 2.05) is 4.90 Å². The molecule has 0 aromatic heterocycles. The van der Waals surface area contributed by atoms with Crippen LogP contribution >= 0.6 is 0 Å². The number of nitrogens with two attached hydrogens (primary N) is 1. The lowest BCUT2D eigenvalue weighted by molar-refractivity contribution is -0.125. The number of hydrogen-bond acceptors (Lipinski definition) is 2. The highest BCUT2D eigenvalue weighted by Gasteiger charge is 2.36. The summed E-state index contributed by atoms with van der Waals surface area (Å²) in [7, 11) is 0. The van der Waals surface area contributed by atoms with Gasteiger partial charge in [0.05, 0.1) is 5.41 Å². The first kappa shape index (κ1) is 16.1. The second-order valence-corrected chi connectivity index (χ2v) is 7.21. The Hall–Kier alpha value is -1.26. The van der Waals surface area contributed by atoms with Gasteiger partial charge in [0, 0.05) is 19.1 Å². The van der Waals surface area contributed by atoms with Gasteiger partial charge in [0.2, 0.25) is 5.91 Å². The van der Waals surface area contributed by atoms with Gasteiger partial charge in [0.25, 0.3) is 0 Å². The quantitative estimate of drug-likeness (QED) is 0.834. The number of rotatable bonds is 4. The van der Waals surface area contributed by atoms with E-state index in [0.29, 0.717) is 18.5 Å². The van der Waals surface area contributed by atoms with Crippen LogP contribution in [-0.4, -0.2) is 36.0 Å². The SMILES string of the molecule is CC(C)(CNC(=O)N1CCC[C@H]1C1CCCCC1)C(N)=O. The second kappa shape index (κ2) is 6.67. The minimum Gasteiger partial charge on any atom is -0.369 e. The highest BCUT2D eigenvalue weighted by atomic mass is 16.2. The van der Waals surface area contributed by atoms with E-state index in [-0.39, 0.29) is 11.9 Å². The van der Waals surface area contributed by atoms with Crippen molar-refractivity contribution in [3.05, 3.63) is 0 Å². The summed E-state index contributed by atoms with van der Waals surface area (Å²) in [5.41, 5.74) is 4.65. The Morgan fingerprint density at radius 1 is 1.14 bits per heavy atom. The monoisotopic (exact) mass is 295 g/mol. The van der Waals surface area contributed by atoms with Crippen LogP contribution in [0.4, 0.5) is 4.79 Å². The van der Waals surface area contributed by atoms with Crippen molar-refractivity contribution in [2.75, 3.05) is 13.1 Å². The fraction of sp³-hybridized carbons (Fsp3) is 0.875. The molecule has 0 unspecified atom stereocenters. The first-order chi connectivity index (χ1) is 9.92. The topological polar surface area (TPSA) is 75.4 Å². The van der Waals surface area contributed by atoms with Crippen molar-refractivity contribution < 1.29 is 9.59 Å². The Balaban J connectivity index is 1.90. The highest BCUT2D eigenvalue weighted by molar-refractivity contribution is 5.81. The third-order valence-electron chi connectivity index (χ3n) is 5.10. The number of nitrogens with zero attached hydrogens (tertiary/aromatic N) is 1. The van der Waals surface area contributed by atoms with E-state index in [1.54, 1.807) is 13.8 Å². The molecular formula is C16H29N3O2. The molecule has 21 heavy (non-hydrogen) atoms. The van der Waals surface area contributed by atoms with Crippen molar-refractivity contribution in [2.24, 2.45) is 17.1 Å². The standard InChI is InChI=1S/C16H29N3O2/c1-16(2,14(17)20)11-18-15(21)19-10-6-9-13(19)12-7-4-3-5-8-12/h12-13H,3-11H2,1-2H3,(H2,17,20)(H,18,21)/t13-/m0/s1. The lowest BCUT2D eigenvalue weighted by Crippen LogP contribution is -2.50. The van der Waals surface area contributed by atoms with Crippen LogP contribution in [0, 0.1) is 11.3 Å². The predicted octanol–water partition coefficient (Wildman–Crippen LogP) is 2.25. The minimum absolute atomic E-state index is 0.0302. The summed E-state index contributed by atoms with van der Waals surface area (Å²) in [6.45, 7) is 4.66. The first-order valence-electron chi connectivity index (χ1n) is 8.26. The molecule has 5 heteroatoms. The molecule has 2 fully saturated rings. The van der Waals surface area contributed by atoms with Gasteiger partial charge in [-0.25, -0.2) is 4.79 Å². The number of hydrogen-bond donors (Lipinski definition) is 2. The van der Waals surface area contributed by atoms with Gasteiger partial charge in [-0.3, -0.25) is 4.79 Å². The maximum Gasteiger partial charge on any atom is 0.317 e. The van der Waals surface area contributed by atoms with Gasteiger partial charge in [-0.15, -0.1) is 0 Å². The number of nitrogens with one attached hydrogen (secondary N) is 1. The molecule has 0 radical (unpaired) electrons. The van der Waals surface area contributed by atoms with Crippen molar-refractivity contribution in [1.29, 1.82) is 0 Å². The van der Waals surface area contributed by atoms with Crippen molar-refractivity contribution in [3.63, 3.8) is 0 Å². The zero-order valence-electron chi connectivity index (χ0n) is 13.4. The van der Waals surface area contributed by atoms with E-state index >= 15 is 0 Å². The molecule has 1 aliphatic heterocycles. The van der Waals surface area contributed by atoms with Crippen molar-refractivity contribution in [1.82, 2.24) is 10.2 Å². The van der Waals surface area contributed by atoms with Crippen molar-refractivity contribution >= 4 is 11.9 Å². The van der Waals surface area contributed by atoms with Gasteiger partial charge >= 0.3 is 6.03 Å². The van der Waals surface area contributed by atoms with Gasteiger partial charge < -0.3 is 16.0 Å². The summed E-state index contributed by atoms with van der Waals surface area (Å²) in [6, 6.07) is 0.361. The van der Waals surface area contributed by atoms with Crippen LogP contribution in [0.2, 0.25) is 0 Å². The van der Waals surface area contributed by atoms with Crippen molar-refractivity contribution in [3.8, 4) is 0 Å². The first-order valence-corrected chi connectivity index (χ1v) is 8.26. The predicted molar refractivity (Wildman–Crippen MR) is 82.7 cm³/mol. The number of amides is 3. The van der Waals surface area contributed by atoms with Gasteiger partial charge in [0.15, 0.2) is 0 Å². The van der Waals surface area contributed by atoms with E-state index in [0.717, 1.165) is 19.4 Å². The number of primary amides is 1. The van der Waals surface area contributed by atoms with Gasteiger partial charge in [0.1, 0.15) is 0 Å². The van der Waals surface area contributed by atoms with Crippen LogP contribution in [0.15, 0.2) is 0 Å². The van der Waals surface area contributed by atoms with Gasteiger partial charge in [-0.2, -0.15) is 0 Å². The van der Waals surface area contributed by atoms with E-state index in [1.165, 1.54) is 32.1 Å². The minimum atomic E-state index is -0.699. The molecule has 0 aromatic carbocycles. The summed E-state index contributed by atoms with van der Waals surface area (Å²) < 4.78 is 0. The second-order valence-electron chi connectivity index (χ2n) is 7.21. The molecule has 2 rings (SSSR count). The Kier molecular flexibility index (Phi) is 5.12. The molecule has 1 heterocycles. The van der Waals surface area contributed by atoms with Crippen LogP contribution in [0.3, 0.4) is 0 Å². The summed E-state index contributed by atoms with van der Waals surface area (Å²) in [4.78, 5) is 25.7. The van der Waals surface area contributed by atoms with E-state index in [9.17, 15) is 9.59 Å². The molecule has 3 amide bonds. The molecule has 2 aliphatic rings. The molecule has 5 nitrogen and oxygen atoms in total. The van der Waals surface area contributed by atoms with Crippen LogP contribution in [-0.2, 0) is 4.79 Å². The Morgan fingerprint density at radius 3 is 2.43 bits per heavy atom. The molecule has 0 spiro atoms. The highest BCUT2D eigenvalue weighted by Crippen LogP contribution is 2.34. The Bertz CT molecular complexity index is 389.